The van der Waals surface area contributed by atoms with Crippen molar-refractivity contribution >= 4 is 12.4 Å². The molecule has 0 saturated heterocycles. The number of nitrogens with two attached hydrogens (primary N) is 1. The van der Waals surface area contributed by atoms with E-state index in [2.05, 4.69) is 32.9 Å². The van der Waals surface area contributed by atoms with Crippen LogP contribution < -0.4 is 10.5 Å². The lowest BCUT2D eigenvalue weighted by molar-refractivity contribution is 0.315. The van der Waals surface area contributed by atoms with Crippen LogP contribution in [0, 0.1) is 13.8 Å². The second-order valence-electron chi connectivity index (χ2n) is 4.57. The Labute approximate surface area is 111 Å². The highest BCUT2D eigenvalue weighted by atomic mass is 35.5. The molecule has 0 bridgehead atoms. The summed E-state index contributed by atoms with van der Waals surface area (Å²) in [6, 6.07) is 4.53. The van der Waals surface area contributed by atoms with Crippen LogP contribution in [0.2, 0.25) is 0 Å². The van der Waals surface area contributed by atoms with Gasteiger partial charge in [0.05, 0.1) is 6.61 Å². The number of benzene rings is 1. The quantitative estimate of drug-likeness (QED) is 0.878. The first-order valence-corrected chi connectivity index (χ1v) is 6.03. The molecule has 0 aromatic heterocycles. The molecule has 2 N–H and O–H groups in total. The molecule has 0 aliphatic rings. The van der Waals surface area contributed by atoms with E-state index in [1.165, 1.54) is 16.7 Å². The summed E-state index contributed by atoms with van der Waals surface area (Å²) < 4.78 is 5.70. The Hall–Kier alpha value is -0.730. The van der Waals surface area contributed by atoms with Crippen LogP contribution in [-0.4, -0.2) is 12.6 Å². The lowest BCUT2D eigenvalue weighted by atomic mass is 9.99. The van der Waals surface area contributed by atoms with Crippen LogP contribution in [0.5, 0.6) is 5.75 Å². The molecular weight excluding hydrogens is 234 g/mol. The third-order valence-electron chi connectivity index (χ3n) is 2.64. The summed E-state index contributed by atoms with van der Waals surface area (Å²) in [4.78, 5) is 0. The molecule has 1 atom stereocenters. The summed E-state index contributed by atoms with van der Waals surface area (Å²) in [7, 11) is 0. The van der Waals surface area contributed by atoms with Crippen molar-refractivity contribution in [1.82, 2.24) is 0 Å². The van der Waals surface area contributed by atoms with Crippen LogP contribution in [-0.2, 0) is 6.42 Å². The Kier molecular flexibility index (Phi) is 7.24. The number of ether oxygens (including phenoxy) is 1. The fourth-order valence-electron chi connectivity index (χ4n) is 1.78. The zero-order valence-corrected chi connectivity index (χ0v) is 12.1. The predicted molar refractivity (Wildman–Crippen MR) is 76.3 cm³/mol. The number of hydrogen-bond acceptors (Lipinski definition) is 2. The van der Waals surface area contributed by atoms with Gasteiger partial charge in [-0.25, -0.2) is 0 Å². The Morgan fingerprint density at radius 2 is 1.88 bits per heavy atom. The van der Waals surface area contributed by atoms with E-state index in [9.17, 15) is 0 Å². The van der Waals surface area contributed by atoms with Crippen molar-refractivity contribution in [2.24, 2.45) is 5.73 Å². The highest BCUT2D eigenvalue weighted by molar-refractivity contribution is 5.85. The van der Waals surface area contributed by atoms with E-state index in [-0.39, 0.29) is 18.4 Å². The van der Waals surface area contributed by atoms with Crippen molar-refractivity contribution in [3.8, 4) is 5.75 Å². The van der Waals surface area contributed by atoms with Crippen molar-refractivity contribution < 1.29 is 4.74 Å². The number of rotatable bonds is 5. The largest absolute Gasteiger partial charge is 0.493 e. The fraction of sp³-hybridized carbons (Fsp3) is 0.571. The highest BCUT2D eigenvalue weighted by Crippen LogP contribution is 2.23. The number of aryl methyl sites for hydroxylation is 2. The molecule has 0 fully saturated rings. The minimum atomic E-state index is 0. The second-order valence-corrected chi connectivity index (χ2v) is 4.57. The van der Waals surface area contributed by atoms with Gasteiger partial charge < -0.3 is 10.5 Å². The van der Waals surface area contributed by atoms with Crippen LogP contribution in [0.15, 0.2) is 12.1 Å². The molecule has 1 rings (SSSR count). The third kappa shape index (κ3) is 4.97. The van der Waals surface area contributed by atoms with Gasteiger partial charge in [-0.15, -0.1) is 12.4 Å². The zero-order valence-electron chi connectivity index (χ0n) is 11.2. The summed E-state index contributed by atoms with van der Waals surface area (Å²) in [5.74, 6) is 1.01. The van der Waals surface area contributed by atoms with Gasteiger partial charge in [-0.2, -0.15) is 0 Å². The van der Waals surface area contributed by atoms with E-state index in [0.717, 1.165) is 25.2 Å². The molecule has 17 heavy (non-hydrogen) atoms. The maximum Gasteiger partial charge on any atom is 0.122 e. The standard InChI is InChI=1S/C14H23NO.ClH/c1-5-6-16-14-8-10(2)13(7-11(14)3)9-12(4)15;/h7-8,12H,5-6,9,15H2,1-4H3;1H. The molecule has 1 unspecified atom stereocenters. The lowest BCUT2D eigenvalue weighted by Gasteiger charge is -2.14. The van der Waals surface area contributed by atoms with Gasteiger partial charge >= 0.3 is 0 Å². The molecule has 2 nitrogen and oxygen atoms in total. The maximum atomic E-state index is 5.83. The number of hydrogen-bond donors (Lipinski definition) is 1. The molecular formula is C14H24ClNO. The van der Waals surface area contributed by atoms with Gasteiger partial charge in [-0.1, -0.05) is 13.0 Å². The monoisotopic (exact) mass is 257 g/mol. The van der Waals surface area contributed by atoms with Crippen LogP contribution >= 0.6 is 12.4 Å². The van der Waals surface area contributed by atoms with E-state index in [0.29, 0.717) is 0 Å². The van der Waals surface area contributed by atoms with Crippen LogP contribution in [0.4, 0.5) is 0 Å². The van der Waals surface area contributed by atoms with Crippen molar-refractivity contribution in [3.63, 3.8) is 0 Å². The van der Waals surface area contributed by atoms with E-state index >= 15 is 0 Å². The van der Waals surface area contributed by atoms with E-state index < -0.39 is 0 Å². The normalized spacial score (nSPS) is 11.8. The van der Waals surface area contributed by atoms with Gasteiger partial charge in [-0.05, 0) is 56.4 Å². The summed E-state index contributed by atoms with van der Waals surface area (Å²) >= 11 is 0. The van der Waals surface area contributed by atoms with Gasteiger partial charge in [0, 0.05) is 6.04 Å². The Balaban J connectivity index is 0.00000256. The molecule has 0 aliphatic heterocycles. The van der Waals surface area contributed by atoms with Crippen LogP contribution in [0.1, 0.15) is 37.0 Å². The van der Waals surface area contributed by atoms with Crippen molar-refractivity contribution in [1.29, 1.82) is 0 Å². The van der Waals surface area contributed by atoms with Gasteiger partial charge in [-0.3, -0.25) is 0 Å². The molecule has 3 heteroatoms. The Morgan fingerprint density at radius 1 is 1.24 bits per heavy atom. The third-order valence-corrected chi connectivity index (χ3v) is 2.64. The summed E-state index contributed by atoms with van der Waals surface area (Å²) in [5, 5.41) is 0. The molecule has 1 aromatic carbocycles. The minimum Gasteiger partial charge on any atom is -0.493 e. The molecule has 0 heterocycles. The van der Waals surface area contributed by atoms with E-state index in [4.69, 9.17) is 10.5 Å². The van der Waals surface area contributed by atoms with Crippen molar-refractivity contribution in [2.45, 2.75) is 46.6 Å². The summed E-state index contributed by atoms with van der Waals surface area (Å²) in [6.45, 7) is 9.15. The smallest absolute Gasteiger partial charge is 0.122 e. The van der Waals surface area contributed by atoms with Gasteiger partial charge in [0.15, 0.2) is 0 Å². The second kappa shape index (κ2) is 7.57. The average molecular weight is 258 g/mol. The first-order chi connectivity index (χ1) is 7.54. The van der Waals surface area contributed by atoms with Crippen molar-refractivity contribution in [2.75, 3.05) is 6.61 Å². The summed E-state index contributed by atoms with van der Waals surface area (Å²) in [6.07, 6.45) is 1.97. The first-order valence-electron chi connectivity index (χ1n) is 6.03. The molecule has 98 valence electrons. The van der Waals surface area contributed by atoms with Gasteiger partial charge in [0.2, 0.25) is 0 Å². The van der Waals surface area contributed by atoms with Gasteiger partial charge in [0.1, 0.15) is 5.75 Å². The topological polar surface area (TPSA) is 35.2 Å². The first kappa shape index (κ1) is 16.3. The Bertz CT molecular complexity index is 350. The van der Waals surface area contributed by atoms with Crippen LogP contribution in [0.3, 0.4) is 0 Å². The maximum absolute atomic E-state index is 5.83. The predicted octanol–water partition coefficient (Wildman–Crippen LogP) is 3.40. The zero-order chi connectivity index (χ0) is 12.1. The molecule has 0 aliphatic carbocycles. The fourth-order valence-corrected chi connectivity index (χ4v) is 1.78. The van der Waals surface area contributed by atoms with Crippen LogP contribution in [0.25, 0.3) is 0 Å². The molecule has 0 spiro atoms. The molecule has 0 radical (unpaired) electrons. The van der Waals surface area contributed by atoms with E-state index in [1.807, 2.05) is 6.92 Å². The minimum absolute atomic E-state index is 0. The highest BCUT2D eigenvalue weighted by Gasteiger charge is 2.07. The van der Waals surface area contributed by atoms with Gasteiger partial charge in [0.25, 0.3) is 0 Å². The SMILES string of the molecule is CCCOc1cc(C)c(CC(C)N)cc1C.Cl. The van der Waals surface area contributed by atoms with E-state index in [1.54, 1.807) is 0 Å². The molecule has 0 amide bonds. The number of halogens is 1. The Morgan fingerprint density at radius 3 is 2.41 bits per heavy atom. The average Bonchev–Trinajstić information content (AvgIpc) is 2.20. The van der Waals surface area contributed by atoms with Crippen molar-refractivity contribution in [3.05, 3.63) is 28.8 Å². The lowest BCUT2D eigenvalue weighted by Crippen LogP contribution is -2.18. The molecule has 0 saturated carbocycles. The molecule has 1 aromatic rings. The summed E-state index contributed by atoms with van der Waals surface area (Å²) in [5.41, 5.74) is 9.64.